The van der Waals surface area contributed by atoms with Gasteiger partial charge in [-0.3, -0.25) is 0 Å². The first kappa shape index (κ1) is 8.24. The molecule has 1 aliphatic carbocycles. The normalized spacial score (nSPS) is 19.6. The lowest BCUT2D eigenvalue weighted by molar-refractivity contribution is 0.703. The lowest BCUT2D eigenvalue weighted by atomic mass is 10.1. The standard InChI is InChI=1S/C8H14N2O/c9-8-5-3-1-2-4-7(8)6-10-11/h1-6,9H2. The van der Waals surface area contributed by atoms with Crippen LogP contribution in [0.5, 0.6) is 0 Å². The Balaban J connectivity index is 2.59. The van der Waals surface area contributed by atoms with Crippen LogP contribution in [-0.2, 0) is 0 Å². The summed E-state index contributed by atoms with van der Waals surface area (Å²) in [4.78, 5) is 9.99. The second-order valence-electron chi connectivity index (χ2n) is 2.98. The summed E-state index contributed by atoms with van der Waals surface area (Å²) < 4.78 is 0. The minimum atomic E-state index is 0.297. The van der Waals surface area contributed by atoms with Crippen molar-refractivity contribution >= 4 is 0 Å². The zero-order valence-corrected chi connectivity index (χ0v) is 6.68. The van der Waals surface area contributed by atoms with Gasteiger partial charge >= 0.3 is 0 Å². The predicted octanol–water partition coefficient (Wildman–Crippen LogP) is 1.93. The highest BCUT2D eigenvalue weighted by atomic mass is 16.3. The molecule has 0 heterocycles. The van der Waals surface area contributed by atoms with Gasteiger partial charge in [0.2, 0.25) is 0 Å². The molecule has 0 radical (unpaired) electrons. The molecule has 0 amide bonds. The Hall–Kier alpha value is -0.860. The predicted molar refractivity (Wildman–Crippen MR) is 45.0 cm³/mol. The molecule has 0 saturated carbocycles. The van der Waals surface area contributed by atoms with Crippen LogP contribution in [0.1, 0.15) is 32.1 Å². The minimum Gasteiger partial charge on any atom is -0.402 e. The number of hydrogen-bond donors (Lipinski definition) is 1. The van der Waals surface area contributed by atoms with Gasteiger partial charge in [0, 0.05) is 5.70 Å². The number of hydrogen-bond acceptors (Lipinski definition) is 3. The van der Waals surface area contributed by atoms with Gasteiger partial charge in [0.15, 0.2) is 0 Å². The quantitative estimate of drug-likeness (QED) is 0.618. The topological polar surface area (TPSA) is 55.4 Å². The first-order valence-electron chi connectivity index (χ1n) is 4.10. The highest BCUT2D eigenvalue weighted by Gasteiger charge is 2.07. The summed E-state index contributed by atoms with van der Waals surface area (Å²) in [7, 11) is 0. The van der Waals surface area contributed by atoms with Crippen LogP contribution in [0.3, 0.4) is 0 Å². The molecule has 0 atom stereocenters. The highest BCUT2D eigenvalue weighted by Crippen LogP contribution is 2.20. The molecule has 11 heavy (non-hydrogen) atoms. The summed E-state index contributed by atoms with van der Waals surface area (Å²) >= 11 is 0. The van der Waals surface area contributed by atoms with Crippen LogP contribution in [-0.4, -0.2) is 6.54 Å². The molecule has 3 nitrogen and oxygen atoms in total. The van der Waals surface area contributed by atoms with Crippen LogP contribution in [0.25, 0.3) is 0 Å². The van der Waals surface area contributed by atoms with Crippen LogP contribution in [0, 0.1) is 4.91 Å². The number of nitroso groups, excluding NO2 is 1. The lowest BCUT2D eigenvalue weighted by Gasteiger charge is -2.02. The van der Waals surface area contributed by atoms with E-state index in [2.05, 4.69) is 5.18 Å². The molecule has 0 spiro atoms. The van der Waals surface area contributed by atoms with Gasteiger partial charge in [-0.05, 0) is 31.3 Å². The maximum atomic E-state index is 9.99. The molecule has 3 heteroatoms. The van der Waals surface area contributed by atoms with Crippen LogP contribution in [0.15, 0.2) is 16.4 Å². The van der Waals surface area contributed by atoms with E-state index in [1.807, 2.05) is 0 Å². The van der Waals surface area contributed by atoms with E-state index in [4.69, 9.17) is 5.73 Å². The van der Waals surface area contributed by atoms with Gasteiger partial charge in [-0.15, -0.1) is 0 Å². The largest absolute Gasteiger partial charge is 0.402 e. The van der Waals surface area contributed by atoms with Crippen molar-refractivity contribution in [3.05, 3.63) is 16.2 Å². The number of allylic oxidation sites excluding steroid dienone is 1. The fourth-order valence-corrected chi connectivity index (χ4v) is 1.43. The molecule has 0 aromatic rings. The Kier molecular flexibility index (Phi) is 3.08. The molecular weight excluding hydrogens is 140 g/mol. The van der Waals surface area contributed by atoms with E-state index in [1.165, 1.54) is 6.42 Å². The van der Waals surface area contributed by atoms with Gasteiger partial charge in [0.25, 0.3) is 0 Å². The highest BCUT2D eigenvalue weighted by molar-refractivity contribution is 5.14. The van der Waals surface area contributed by atoms with Gasteiger partial charge < -0.3 is 5.73 Å². The van der Waals surface area contributed by atoms with Gasteiger partial charge in [0.05, 0.1) is 0 Å². The SMILES string of the molecule is NC1=C(CN=O)CCCCC1. The Morgan fingerprint density at radius 2 is 2.00 bits per heavy atom. The second-order valence-corrected chi connectivity index (χ2v) is 2.98. The van der Waals surface area contributed by atoms with E-state index in [0.717, 1.165) is 37.0 Å². The van der Waals surface area contributed by atoms with Gasteiger partial charge in [-0.2, -0.15) is 4.91 Å². The van der Waals surface area contributed by atoms with E-state index in [1.54, 1.807) is 0 Å². The third-order valence-corrected chi connectivity index (χ3v) is 2.13. The zero-order valence-electron chi connectivity index (χ0n) is 6.68. The molecule has 0 aromatic heterocycles. The van der Waals surface area contributed by atoms with E-state index < -0.39 is 0 Å². The van der Waals surface area contributed by atoms with Crippen LogP contribution in [0.4, 0.5) is 0 Å². The Bertz CT molecular complexity index is 175. The second kappa shape index (κ2) is 4.11. The minimum absolute atomic E-state index is 0.297. The fraction of sp³-hybridized carbons (Fsp3) is 0.750. The van der Waals surface area contributed by atoms with Crippen LogP contribution < -0.4 is 5.73 Å². The monoisotopic (exact) mass is 154 g/mol. The molecule has 1 rings (SSSR count). The average Bonchev–Trinajstić information content (AvgIpc) is 2.18. The van der Waals surface area contributed by atoms with Crippen molar-refractivity contribution in [3.8, 4) is 0 Å². The van der Waals surface area contributed by atoms with Crippen molar-refractivity contribution in [2.75, 3.05) is 6.54 Å². The summed E-state index contributed by atoms with van der Waals surface area (Å²) in [5.74, 6) is 0. The summed E-state index contributed by atoms with van der Waals surface area (Å²) in [5, 5.41) is 2.86. The van der Waals surface area contributed by atoms with Gasteiger partial charge in [-0.25, -0.2) is 0 Å². The smallest absolute Gasteiger partial charge is 0.104 e. The third kappa shape index (κ3) is 2.33. The Morgan fingerprint density at radius 1 is 1.27 bits per heavy atom. The summed E-state index contributed by atoms with van der Waals surface area (Å²) in [6, 6.07) is 0. The van der Waals surface area contributed by atoms with Gasteiger partial charge in [-0.1, -0.05) is 11.6 Å². The van der Waals surface area contributed by atoms with E-state index in [9.17, 15) is 4.91 Å². The van der Waals surface area contributed by atoms with Crippen molar-refractivity contribution in [2.45, 2.75) is 32.1 Å². The average molecular weight is 154 g/mol. The molecule has 0 saturated heterocycles. The summed E-state index contributed by atoms with van der Waals surface area (Å²) in [5.41, 5.74) is 7.72. The number of nitrogens with two attached hydrogens (primary N) is 1. The van der Waals surface area contributed by atoms with Crippen molar-refractivity contribution in [1.29, 1.82) is 0 Å². The fourth-order valence-electron chi connectivity index (χ4n) is 1.43. The van der Waals surface area contributed by atoms with Crippen molar-refractivity contribution < 1.29 is 0 Å². The maximum absolute atomic E-state index is 9.99. The molecule has 62 valence electrons. The van der Waals surface area contributed by atoms with Gasteiger partial charge in [0.1, 0.15) is 6.54 Å². The van der Waals surface area contributed by atoms with Crippen molar-refractivity contribution in [2.24, 2.45) is 10.9 Å². The zero-order chi connectivity index (χ0) is 8.10. The molecule has 1 aliphatic rings. The first-order valence-corrected chi connectivity index (χ1v) is 4.10. The van der Waals surface area contributed by atoms with Crippen molar-refractivity contribution in [1.82, 2.24) is 0 Å². The first-order chi connectivity index (χ1) is 5.34. The summed E-state index contributed by atoms with van der Waals surface area (Å²) in [6.45, 7) is 0.297. The third-order valence-electron chi connectivity index (χ3n) is 2.13. The molecule has 0 fully saturated rings. The molecule has 2 N–H and O–H groups in total. The van der Waals surface area contributed by atoms with Crippen LogP contribution in [0.2, 0.25) is 0 Å². The summed E-state index contributed by atoms with van der Waals surface area (Å²) in [6.07, 6.45) is 5.46. The van der Waals surface area contributed by atoms with Crippen LogP contribution >= 0.6 is 0 Å². The molecular formula is C8H14N2O. The molecule has 0 aromatic carbocycles. The Morgan fingerprint density at radius 3 is 2.73 bits per heavy atom. The molecule has 0 bridgehead atoms. The maximum Gasteiger partial charge on any atom is 0.104 e. The van der Waals surface area contributed by atoms with Crippen molar-refractivity contribution in [3.63, 3.8) is 0 Å². The van der Waals surface area contributed by atoms with E-state index >= 15 is 0 Å². The number of nitrogens with zero attached hydrogens (tertiary/aromatic N) is 1. The Labute approximate surface area is 66.6 Å². The lowest BCUT2D eigenvalue weighted by Crippen LogP contribution is -2.02. The van der Waals surface area contributed by atoms with E-state index in [0.29, 0.717) is 6.54 Å². The molecule has 0 aliphatic heterocycles. The number of rotatable bonds is 2. The molecule has 0 unspecified atom stereocenters. The van der Waals surface area contributed by atoms with E-state index in [-0.39, 0.29) is 0 Å².